The zero-order valence-corrected chi connectivity index (χ0v) is 12.7. The predicted molar refractivity (Wildman–Crippen MR) is 84.2 cm³/mol. The standard InChI is InChI=1S/C18H18N2O3/c21-18(17-12-22-15-5-1-2-6-16(15)23-17)20(14-7-8-14)11-13-4-3-9-19-10-13/h1-6,9-10,14,17H,7-8,11-12H2/t17-/m1/s1. The zero-order valence-electron chi connectivity index (χ0n) is 12.7. The van der Waals surface area contributed by atoms with E-state index in [9.17, 15) is 4.79 Å². The number of carbonyl (C=O) groups is 1. The monoisotopic (exact) mass is 310 g/mol. The van der Waals surface area contributed by atoms with Gasteiger partial charge in [0.2, 0.25) is 6.10 Å². The zero-order chi connectivity index (χ0) is 15.6. The molecule has 2 aliphatic rings. The molecule has 118 valence electrons. The van der Waals surface area contributed by atoms with E-state index in [4.69, 9.17) is 9.47 Å². The van der Waals surface area contributed by atoms with Crippen molar-refractivity contribution in [3.05, 3.63) is 54.4 Å². The van der Waals surface area contributed by atoms with Gasteiger partial charge in [0.05, 0.1) is 0 Å². The third-order valence-corrected chi connectivity index (χ3v) is 4.13. The predicted octanol–water partition coefficient (Wildman–Crippen LogP) is 2.41. The summed E-state index contributed by atoms with van der Waals surface area (Å²) < 4.78 is 11.5. The van der Waals surface area contributed by atoms with Gasteiger partial charge in [-0.1, -0.05) is 18.2 Å². The molecule has 5 heteroatoms. The summed E-state index contributed by atoms with van der Waals surface area (Å²) >= 11 is 0. The first-order chi connectivity index (χ1) is 11.3. The molecule has 1 aromatic heterocycles. The number of benzene rings is 1. The molecule has 1 aliphatic heterocycles. The highest BCUT2D eigenvalue weighted by atomic mass is 16.6. The fourth-order valence-electron chi connectivity index (χ4n) is 2.79. The summed E-state index contributed by atoms with van der Waals surface area (Å²) in [5.74, 6) is 1.32. The van der Waals surface area contributed by atoms with Crippen LogP contribution in [0.25, 0.3) is 0 Å². The Morgan fingerprint density at radius 2 is 2.00 bits per heavy atom. The van der Waals surface area contributed by atoms with E-state index in [1.54, 1.807) is 12.4 Å². The van der Waals surface area contributed by atoms with Gasteiger partial charge in [-0.15, -0.1) is 0 Å². The van der Waals surface area contributed by atoms with Gasteiger partial charge in [-0.2, -0.15) is 0 Å². The molecule has 1 atom stereocenters. The van der Waals surface area contributed by atoms with Crippen LogP contribution in [0.3, 0.4) is 0 Å². The van der Waals surface area contributed by atoms with Crippen molar-refractivity contribution >= 4 is 5.91 Å². The van der Waals surface area contributed by atoms with Gasteiger partial charge in [0.15, 0.2) is 11.5 Å². The second kappa shape index (κ2) is 5.91. The second-order valence-electron chi connectivity index (χ2n) is 5.92. The van der Waals surface area contributed by atoms with E-state index in [0.29, 0.717) is 24.1 Å². The first-order valence-corrected chi connectivity index (χ1v) is 7.89. The smallest absolute Gasteiger partial charge is 0.267 e. The lowest BCUT2D eigenvalue weighted by Crippen LogP contribution is -2.47. The third-order valence-electron chi connectivity index (χ3n) is 4.13. The van der Waals surface area contributed by atoms with E-state index in [1.807, 2.05) is 41.3 Å². The molecule has 0 saturated heterocycles. The average Bonchev–Trinajstić information content (AvgIpc) is 3.44. The fourth-order valence-corrected chi connectivity index (χ4v) is 2.79. The minimum Gasteiger partial charge on any atom is -0.485 e. The SMILES string of the molecule is O=C([C@H]1COc2ccccc2O1)N(Cc1cccnc1)C1CC1. The lowest BCUT2D eigenvalue weighted by molar-refractivity contribution is -0.142. The Hall–Kier alpha value is -2.56. The van der Waals surface area contributed by atoms with Gasteiger partial charge >= 0.3 is 0 Å². The van der Waals surface area contributed by atoms with Crippen molar-refractivity contribution in [2.45, 2.75) is 31.5 Å². The lowest BCUT2D eigenvalue weighted by atomic mass is 10.2. The van der Waals surface area contributed by atoms with Crippen molar-refractivity contribution < 1.29 is 14.3 Å². The maximum atomic E-state index is 12.9. The summed E-state index contributed by atoms with van der Waals surface area (Å²) in [7, 11) is 0. The van der Waals surface area contributed by atoms with Crippen molar-refractivity contribution in [3.8, 4) is 11.5 Å². The summed E-state index contributed by atoms with van der Waals surface area (Å²) in [5.41, 5.74) is 1.03. The average molecular weight is 310 g/mol. The number of fused-ring (bicyclic) bond motifs is 1. The summed E-state index contributed by atoms with van der Waals surface area (Å²) in [6, 6.07) is 11.6. The minimum absolute atomic E-state index is 0.00847. The number of para-hydroxylation sites is 2. The first-order valence-electron chi connectivity index (χ1n) is 7.89. The van der Waals surface area contributed by atoms with Crippen LogP contribution in [0.1, 0.15) is 18.4 Å². The molecule has 1 aromatic carbocycles. The van der Waals surface area contributed by atoms with E-state index < -0.39 is 6.10 Å². The van der Waals surface area contributed by atoms with E-state index in [1.165, 1.54) is 0 Å². The quantitative estimate of drug-likeness (QED) is 0.870. The fraction of sp³-hybridized carbons (Fsp3) is 0.333. The van der Waals surface area contributed by atoms with Crippen LogP contribution in [0, 0.1) is 0 Å². The van der Waals surface area contributed by atoms with Gasteiger partial charge in [-0.05, 0) is 36.6 Å². The van der Waals surface area contributed by atoms with Crippen LogP contribution in [-0.4, -0.2) is 34.5 Å². The van der Waals surface area contributed by atoms with Crippen LogP contribution < -0.4 is 9.47 Å². The highest BCUT2D eigenvalue weighted by molar-refractivity contribution is 5.82. The van der Waals surface area contributed by atoms with Gasteiger partial charge in [0.25, 0.3) is 5.91 Å². The Balaban J connectivity index is 1.50. The molecule has 5 nitrogen and oxygen atoms in total. The minimum atomic E-state index is -0.581. The maximum Gasteiger partial charge on any atom is 0.267 e. The number of amides is 1. The number of nitrogens with zero attached hydrogens (tertiary/aromatic N) is 2. The van der Waals surface area contributed by atoms with Gasteiger partial charge in [-0.25, -0.2) is 0 Å². The highest BCUT2D eigenvalue weighted by Gasteiger charge is 2.38. The number of carbonyl (C=O) groups excluding carboxylic acids is 1. The summed E-state index contributed by atoms with van der Waals surface area (Å²) in [5, 5.41) is 0. The molecule has 0 unspecified atom stereocenters. The lowest BCUT2D eigenvalue weighted by Gasteiger charge is -2.31. The van der Waals surface area contributed by atoms with Crippen molar-refractivity contribution in [3.63, 3.8) is 0 Å². The molecular weight excluding hydrogens is 292 g/mol. The third kappa shape index (κ3) is 2.99. The van der Waals surface area contributed by atoms with Crippen LogP contribution in [-0.2, 0) is 11.3 Å². The van der Waals surface area contributed by atoms with Gasteiger partial charge in [-0.3, -0.25) is 9.78 Å². The molecule has 1 amide bonds. The number of ether oxygens (including phenoxy) is 2. The summed E-state index contributed by atoms with van der Waals surface area (Å²) in [6.45, 7) is 0.824. The Morgan fingerprint density at radius 1 is 1.17 bits per heavy atom. The molecule has 1 saturated carbocycles. The summed E-state index contributed by atoms with van der Waals surface area (Å²) in [4.78, 5) is 18.9. The Morgan fingerprint density at radius 3 is 2.74 bits per heavy atom. The number of aromatic nitrogens is 1. The van der Waals surface area contributed by atoms with E-state index >= 15 is 0 Å². The molecule has 2 heterocycles. The number of rotatable bonds is 4. The molecule has 23 heavy (non-hydrogen) atoms. The van der Waals surface area contributed by atoms with Crippen molar-refractivity contribution in [1.29, 1.82) is 0 Å². The van der Waals surface area contributed by atoms with Gasteiger partial charge in [0, 0.05) is 25.0 Å². The first kappa shape index (κ1) is 14.1. The van der Waals surface area contributed by atoms with Crippen molar-refractivity contribution in [2.24, 2.45) is 0 Å². The van der Waals surface area contributed by atoms with E-state index in [0.717, 1.165) is 18.4 Å². The molecule has 0 bridgehead atoms. The molecule has 2 aromatic rings. The second-order valence-corrected chi connectivity index (χ2v) is 5.92. The molecule has 1 aliphatic carbocycles. The van der Waals surface area contributed by atoms with Gasteiger partial charge in [0.1, 0.15) is 6.61 Å². The Bertz CT molecular complexity index is 700. The number of hydrogen-bond acceptors (Lipinski definition) is 4. The van der Waals surface area contributed by atoms with E-state index in [2.05, 4.69) is 4.98 Å². The van der Waals surface area contributed by atoms with Crippen LogP contribution in [0.5, 0.6) is 11.5 Å². The van der Waals surface area contributed by atoms with Crippen LogP contribution >= 0.6 is 0 Å². The molecule has 0 N–H and O–H groups in total. The number of pyridine rings is 1. The van der Waals surface area contributed by atoms with Crippen molar-refractivity contribution in [1.82, 2.24) is 9.88 Å². The molecular formula is C18H18N2O3. The molecule has 1 fully saturated rings. The topological polar surface area (TPSA) is 51.7 Å². The molecule has 4 rings (SSSR count). The Kier molecular flexibility index (Phi) is 3.61. The maximum absolute atomic E-state index is 12.9. The number of hydrogen-bond donors (Lipinski definition) is 0. The Labute approximate surface area is 134 Å². The highest BCUT2D eigenvalue weighted by Crippen LogP contribution is 2.33. The largest absolute Gasteiger partial charge is 0.485 e. The molecule has 0 radical (unpaired) electrons. The molecule has 0 spiro atoms. The van der Waals surface area contributed by atoms with Crippen LogP contribution in [0.4, 0.5) is 0 Å². The van der Waals surface area contributed by atoms with Crippen molar-refractivity contribution in [2.75, 3.05) is 6.61 Å². The van der Waals surface area contributed by atoms with Crippen LogP contribution in [0.2, 0.25) is 0 Å². The van der Waals surface area contributed by atoms with E-state index in [-0.39, 0.29) is 12.5 Å². The van der Waals surface area contributed by atoms with Gasteiger partial charge < -0.3 is 14.4 Å². The normalized spacial score (nSPS) is 19.2. The summed E-state index contributed by atoms with van der Waals surface area (Å²) in [6.07, 6.45) is 5.06. The van der Waals surface area contributed by atoms with Crippen LogP contribution in [0.15, 0.2) is 48.8 Å².